The minimum Gasteiger partial charge on any atom is -0.472 e. The molecule has 72 heavy (non-hydrogen) atoms. The van der Waals surface area contributed by atoms with Crippen LogP contribution in [-0.4, -0.2) is 108 Å². The van der Waals surface area contributed by atoms with Crippen molar-refractivity contribution in [3.05, 3.63) is 83.6 Å². The standard InChI is InChI=1S/C52H69NO16S2Si/c1-12-72(13-2,14-3)69-37-26-38-51(29-64-38,68-31(5)54)43-45(67-47(59)32-20-24-61-28-32)52(60)27-36(65-40(56)25-33(34-17-15-22-62-34)53-46(58)35-18-16-23-63-35)30(4)41(49(52,8)9)42(44(57)50(37,43)10)66-39(55)19-21-48(6,7)71-70-11/h15-18,20,22-24,28,33,36-38,42-43,45,60H,12-14,19,21,25-27,29H2,1-11H3,(H,53,58)/t33-,36+,37+,38-,42-,43+,45+,50-,51+,52-/m1/s1. The van der Waals surface area contributed by atoms with E-state index in [0.29, 0.717) is 30.1 Å². The summed E-state index contributed by atoms with van der Waals surface area (Å²) >= 11 is 0. The van der Waals surface area contributed by atoms with Crippen molar-refractivity contribution < 1.29 is 75.2 Å². The number of amides is 1. The molecule has 1 aliphatic heterocycles. The zero-order valence-corrected chi connectivity index (χ0v) is 45.6. The lowest BCUT2D eigenvalue weighted by atomic mass is 9.44. The molecule has 1 saturated heterocycles. The fourth-order valence-electron chi connectivity index (χ4n) is 11.7. The second-order valence-corrected chi connectivity index (χ2v) is 28.7. The number of ketones is 1. The van der Waals surface area contributed by atoms with E-state index in [-0.39, 0.29) is 46.9 Å². The van der Waals surface area contributed by atoms with E-state index in [0.717, 1.165) is 0 Å². The third-order valence-corrected chi connectivity index (χ3v) is 23.3. The molecule has 17 nitrogen and oxygen atoms in total. The highest BCUT2D eigenvalue weighted by molar-refractivity contribution is 8.76. The van der Waals surface area contributed by atoms with Crippen LogP contribution in [0.1, 0.15) is 134 Å². The largest absolute Gasteiger partial charge is 0.472 e. The number of esters is 4. The van der Waals surface area contributed by atoms with Gasteiger partial charge in [-0.2, -0.15) is 0 Å². The number of hydrogen-bond acceptors (Lipinski definition) is 18. The van der Waals surface area contributed by atoms with E-state index in [4.69, 9.17) is 41.4 Å². The summed E-state index contributed by atoms with van der Waals surface area (Å²) in [5, 5.41) is 17.0. The summed E-state index contributed by atoms with van der Waals surface area (Å²) in [7, 11) is 0.502. The van der Waals surface area contributed by atoms with Crippen molar-refractivity contribution in [1.82, 2.24) is 5.32 Å². The number of nitrogens with one attached hydrogen (secondary N) is 1. The van der Waals surface area contributed by atoms with Crippen molar-refractivity contribution in [2.75, 3.05) is 12.9 Å². The molecule has 3 aromatic rings. The Hall–Kier alpha value is -4.60. The van der Waals surface area contributed by atoms with Crippen LogP contribution in [0.4, 0.5) is 0 Å². The molecule has 10 atom stereocenters. The van der Waals surface area contributed by atoms with Gasteiger partial charge in [0.15, 0.2) is 31.6 Å². The Morgan fingerprint density at radius 2 is 1.65 bits per heavy atom. The Morgan fingerprint density at radius 1 is 0.958 bits per heavy atom. The highest BCUT2D eigenvalue weighted by atomic mass is 33.1. The van der Waals surface area contributed by atoms with Crippen LogP contribution in [0.15, 0.2) is 79.8 Å². The summed E-state index contributed by atoms with van der Waals surface area (Å²) in [6, 6.07) is 8.61. The van der Waals surface area contributed by atoms with Crippen LogP contribution in [0.2, 0.25) is 18.1 Å². The van der Waals surface area contributed by atoms with Crippen molar-refractivity contribution in [2.24, 2.45) is 16.7 Å². The maximum Gasteiger partial charge on any atom is 0.341 e. The van der Waals surface area contributed by atoms with Crippen molar-refractivity contribution >= 4 is 65.5 Å². The zero-order valence-electron chi connectivity index (χ0n) is 43.0. The molecule has 0 spiro atoms. The molecule has 4 aliphatic rings. The van der Waals surface area contributed by atoms with Gasteiger partial charge < -0.3 is 51.8 Å². The van der Waals surface area contributed by atoms with Gasteiger partial charge in [0.25, 0.3) is 5.91 Å². The summed E-state index contributed by atoms with van der Waals surface area (Å²) in [4.78, 5) is 87.1. The fourth-order valence-corrected chi connectivity index (χ4v) is 16.9. The number of rotatable bonds is 20. The van der Waals surface area contributed by atoms with E-state index in [1.54, 1.807) is 67.5 Å². The summed E-state index contributed by atoms with van der Waals surface area (Å²) < 4.78 is 55.5. The van der Waals surface area contributed by atoms with E-state index < -0.39 is 121 Å². The van der Waals surface area contributed by atoms with Crippen molar-refractivity contribution in [3.8, 4) is 0 Å². The molecule has 0 unspecified atom stereocenters. The molecule has 20 heteroatoms. The maximum absolute atomic E-state index is 16.7. The molecule has 3 aliphatic carbocycles. The van der Waals surface area contributed by atoms with Gasteiger partial charge >= 0.3 is 23.9 Å². The number of hydrogen-bond donors (Lipinski definition) is 2. The van der Waals surface area contributed by atoms with Crippen LogP contribution < -0.4 is 5.32 Å². The number of furan rings is 3. The molecule has 0 radical (unpaired) electrons. The van der Waals surface area contributed by atoms with Crippen LogP contribution in [0.3, 0.4) is 0 Å². The van der Waals surface area contributed by atoms with E-state index in [9.17, 15) is 29.1 Å². The monoisotopic (exact) mass is 1060 g/mol. The Balaban J connectivity index is 1.44. The summed E-state index contributed by atoms with van der Waals surface area (Å²) in [5.41, 5.74) is -7.05. The predicted molar refractivity (Wildman–Crippen MR) is 268 cm³/mol. The first-order valence-corrected chi connectivity index (χ1v) is 29.7. The highest BCUT2D eigenvalue weighted by Crippen LogP contribution is 2.65. The minimum absolute atomic E-state index is 0.00640. The van der Waals surface area contributed by atoms with Gasteiger partial charge in [0.05, 0.1) is 60.9 Å². The SMILES string of the molecule is CC[Si](CC)(CC)O[C@H]1C[C@H]2OC[C@@]2(OC(C)=O)[C@H]2[C@H](OC(=O)c3ccoc3)[C@]3(O)C[C@H](OC(=O)C[C@@H](NC(=O)c4ccco4)c4ccco4)C(C)=C([C@@H](OC(=O)CCC(C)(C)SSC)C(=O)[C@]12C)C3(C)C. The van der Waals surface area contributed by atoms with Crippen molar-refractivity contribution in [1.29, 1.82) is 0 Å². The Labute approximate surface area is 429 Å². The quantitative estimate of drug-likeness (QED) is 0.0353. The number of ether oxygens (including phenoxy) is 5. The topological polar surface area (TPSA) is 229 Å². The van der Waals surface area contributed by atoms with E-state index in [1.807, 2.05) is 20.1 Å². The fraction of sp³-hybridized carbons (Fsp3) is 0.615. The lowest BCUT2D eigenvalue weighted by Gasteiger charge is -2.68. The van der Waals surface area contributed by atoms with Crippen LogP contribution in [0.25, 0.3) is 0 Å². The molecule has 394 valence electrons. The lowest BCUT2D eigenvalue weighted by molar-refractivity contribution is -0.344. The molecule has 3 aromatic heterocycles. The Morgan fingerprint density at radius 3 is 2.22 bits per heavy atom. The van der Waals surface area contributed by atoms with Gasteiger partial charge in [-0.3, -0.25) is 24.0 Å². The molecule has 4 heterocycles. The van der Waals surface area contributed by atoms with Gasteiger partial charge in [-0.05, 0) is 100.0 Å². The summed E-state index contributed by atoms with van der Waals surface area (Å²) in [6.45, 7) is 17.8. The van der Waals surface area contributed by atoms with Crippen LogP contribution in [-0.2, 0) is 47.3 Å². The predicted octanol–water partition coefficient (Wildman–Crippen LogP) is 9.12. The van der Waals surface area contributed by atoms with E-state index >= 15 is 4.79 Å². The van der Waals surface area contributed by atoms with Gasteiger partial charge in [0.2, 0.25) is 0 Å². The molecule has 1 amide bonds. The third-order valence-electron chi connectivity index (χ3n) is 16.0. The van der Waals surface area contributed by atoms with Gasteiger partial charge in [0.1, 0.15) is 35.9 Å². The molecule has 2 N–H and O–H groups in total. The third kappa shape index (κ3) is 10.2. The first-order chi connectivity index (χ1) is 34.0. The molecule has 2 saturated carbocycles. The zero-order chi connectivity index (χ0) is 52.6. The van der Waals surface area contributed by atoms with Gasteiger partial charge in [-0.15, -0.1) is 0 Å². The normalized spacial score (nSPS) is 29.3. The number of aliphatic hydroxyl groups is 1. The Kier molecular flexibility index (Phi) is 16.3. The summed E-state index contributed by atoms with van der Waals surface area (Å²) in [5.74, 6) is -5.63. The van der Waals surface area contributed by atoms with Gasteiger partial charge in [-0.1, -0.05) is 56.2 Å². The average molecular weight is 1060 g/mol. The summed E-state index contributed by atoms with van der Waals surface area (Å²) in [6.07, 6.45) is -0.0444. The van der Waals surface area contributed by atoms with Crippen molar-refractivity contribution in [2.45, 2.75) is 172 Å². The Bertz CT molecular complexity index is 2480. The molecular formula is C52H69NO16S2Si. The van der Waals surface area contributed by atoms with Gasteiger partial charge in [0, 0.05) is 36.3 Å². The molecule has 0 aromatic carbocycles. The lowest BCUT2D eigenvalue weighted by Crippen LogP contribution is -2.82. The number of carbonyl (C=O) groups excluding carboxylic acids is 6. The van der Waals surface area contributed by atoms with E-state index in [2.05, 4.69) is 26.1 Å². The van der Waals surface area contributed by atoms with Crippen molar-refractivity contribution in [3.63, 3.8) is 0 Å². The molecule has 7 rings (SSSR count). The smallest absolute Gasteiger partial charge is 0.341 e. The van der Waals surface area contributed by atoms with Crippen LogP contribution >= 0.6 is 21.6 Å². The molecular weight excluding hydrogens is 987 g/mol. The first-order valence-electron chi connectivity index (χ1n) is 24.6. The van der Waals surface area contributed by atoms with E-state index in [1.165, 1.54) is 44.1 Å². The number of carbonyl (C=O) groups is 6. The molecule has 3 fully saturated rings. The number of Topliss-reactive ketones (excluding diaryl/α,β-unsaturated/α-hetero) is 1. The number of fused-ring (bicyclic) bond motifs is 5. The maximum atomic E-state index is 16.7. The van der Waals surface area contributed by atoms with Crippen LogP contribution in [0, 0.1) is 16.7 Å². The second-order valence-electron chi connectivity index (χ2n) is 20.8. The first kappa shape index (κ1) is 55.2. The van der Waals surface area contributed by atoms with Gasteiger partial charge in [-0.25, -0.2) is 4.79 Å². The average Bonchev–Trinajstić information content (AvgIpc) is 4.16. The molecule has 2 bridgehead atoms. The van der Waals surface area contributed by atoms with Crippen LogP contribution in [0.5, 0.6) is 0 Å². The highest BCUT2D eigenvalue weighted by Gasteiger charge is 2.79. The minimum atomic E-state index is -2.66. The second kappa shape index (κ2) is 21.3.